The lowest BCUT2D eigenvalue weighted by atomic mass is 9.55. The van der Waals surface area contributed by atoms with E-state index in [1.807, 2.05) is 0 Å². The van der Waals surface area contributed by atoms with Crippen molar-refractivity contribution in [1.82, 2.24) is 5.32 Å². The highest BCUT2D eigenvalue weighted by molar-refractivity contribution is 6.18. The maximum atomic E-state index is 5.55. The molecule has 0 saturated carbocycles. The Balaban J connectivity index is 1.21. The Morgan fingerprint density at radius 3 is 1.60 bits per heavy atom. The van der Waals surface area contributed by atoms with Gasteiger partial charge in [-0.3, -0.25) is 4.99 Å². The van der Waals surface area contributed by atoms with Gasteiger partial charge in [0.2, 0.25) is 0 Å². The lowest BCUT2D eigenvalue weighted by molar-refractivity contribution is 0.563. The van der Waals surface area contributed by atoms with Gasteiger partial charge in [0.25, 0.3) is 0 Å². The van der Waals surface area contributed by atoms with Crippen LogP contribution in [0.25, 0.3) is 39.1 Å². The minimum Gasteiger partial charge on any atom is -0.360 e. The van der Waals surface area contributed by atoms with E-state index in [0.29, 0.717) is 0 Å². The zero-order chi connectivity index (χ0) is 38.8. The van der Waals surface area contributed by atoms with Gasteiger partial charge in [-0.25, -0.2) is 0 Å². The summed E-state index contributed by atoms with van der Waals surface area (Å²) in [4.78, 5) is 5.55. The minimum absolute atomic E-state index is 0.174. The van der Waals surface area contributed by atoms with Crippen LogP contribution in [0, 0.1) is 0 Å². The van der Waals surface area contributed by atoms with Crippen LogP contribution in [0.1, 0.15) is 70.1 Å². The number of hydrogen-bond donors (Lipinski definition) is 1. The van der Waals surface area contributed by atoms with Gasteiger partial charge in [-0.15, -0.1) is 0 Å². The van der Waals surface area contributed by atoms with Crippen LogP contribution < -0.4 is 5.32 Å². The zero-order valence-corrected chi connectivity index (χ0v) is 32.7. The van der Waals surface area contributed by atoms with Crippen LogP contribution in [-0.4, -0.2) is 5.71 Å². The number of nitrogens with one attached hydrogen (secondary N) is 1. The van der Waals surface area contributed by atoms with Crippen LogP contribution in [0.5, 0.6) is 0 Å². The van der Waals surface area contributed by atoms with Crippen molar-refractivity contribution in [3.8, 4) is 33.4 Å². The molecule has 1 unspecified atom stereocenters. The summed E-state index contributed by atoms with van der Waals surface area (Å²) in [5.74, 6) is 0. The van der Waals surface area contributed by atoms with Gasteiger partial charge in [-0.05, 0) is 96.1 Å². The minimum atomic E-state index is -0.522. The van der Waals surface area contributed by atoms with Crippen LogP contribution in [-0.2, 0) is 10.8 Å². The Kier molecular flexibility index (Phi) is 7.84. The average Bonchev–Trinajstić information content (AvgIpc) is 3.59. The van der Waals surface area contributed by atoms with E-state index in [4.69, 9.17) is 4.99 Å². The van der Waals surface area contributed by atoms with Gasteiger partial charge in [0.1, 0.15) is 6.17 Å². The molecule has 58 heavy (non-hydrogen) atoms. The maximum Gasteiger partial charge on any atom is 0.145 e. The molecule has 1 atom stereocenters. The molecule has 3 aliphatic rings. The number of allylic oxidation sites excluding steroid dienone is 1. The molecule has 2 aliphatic carbocycles. The van der Waals surface area contributed by atoms with E-state index >= 15 is 0 Å². The van der Waals surface area contributed by atoms with Crippen molar-refractivity contribution < 1.29 is 0 Å². The van der Waals surface area contributed by atoms with Crippen molar-refractivity contribution in [1.29, 1.82) is 0 Å². The molecule has 1 heterocycles. The molecule has 11 rings (SSSR count). The Bertz CT molecular complexity index is 2890. The lowest BCUT2D eigenvalue weighted by Gasteiger charge is -2.46. The maximum absolute atomic E-state index is 5.55. The normalized spacial score (nSPS) is 16.6. The summed E-state index contributed by atoms with van der Waals surface area (Å²) in [6.07, 6.45) is 2.01. The number of fused-ring (bicyclic) bond motifs is 9. The molecule has 0 radical (unpaired) electrons. The second-order valence-corrected chi connectivity index (χ2v) is 16.3. The molecule has 1 spiro atoms. The number of aliphatic imine (C=N–C) groups is 1. The fraction of sp³-hybridized carbons (Fsp3) is 0.0893. The van der Waals surface area contributed by atoms with E-state index in [9.17, 15) is 0 Å². The highest BCUT2D eigenvalue weighted by atomic mass is 15.1. The molecular formula is C56H42N2. The van der Waals surface area contributed by atoms with E-state index in [2.05, 4.69) is 225 Å². The summed E-state index contributed by atoms with van der Waals surface area (Å²) < 4.78 is 0. The number of rotatable bonds is 5. The number of nitrogens with zero attached hydrogens (tertiary/aromatic N) is 1. The van der Waals surface area contributed by atoms with Crippen LogP contribution in [0.3, 0.4) is 0 Å². The number of hydrogen-bond acceptors (Lipinski definition) is 2. The first-order valence-corrected chi connectivity index (χ1v) is 20.3. The third-order valence-electron chi connectivity index (χ3n) is 12.8. The van der Waals surface area contributed by atoms with Gasteiger partial charge >= 0.3 is 0 Å². The van der Waals surface area contributed by atoms with Gasteiger partial charge in [0.15, 0.2) is 0 Å². The summed E-state index contributed by atoms with van der Waals surface area (Å²) >= 11 is 0. The van der Waals surface area contributed by atoms with E-state index in [1.54, 1.807) is 0 Å². The predicted octanol–water partition coefficient (Wildman–Crippen LogP) is 13.2. The molecule has 0 saturated heterocycles. The van der Waals surface area contributed by atoms with Gasteiger partial charge in [0, 0.05) is 16.7 Å². The molecule has 8 aromatic carbocycles. The lowest BCUT2D eigenvalue weighted by Crippen LogP contribution is -2.40. The van der Waals surface area contributed by atoms with Crippen molar-refractivity contribution in [2.45, 2.75) is 30.8 Å². The van der Waals surface area contributed by atoms with Crippen molar-refractivity contribution >= 4 is 11.4 Å². The Labute approximate surface area is 340 Å². The molecule has 0 fully saturated rings. The summed E-state index contributed by atoms with van der Waals surface area (Å²) in [6.45, 7) is 4.77. The van der Waals surface area contributed by atoms with E-state index < -0.39 is 5.41 Å². The molecule has 0 bridgehead atoms. The molecule has 8 aromatic rings. The van der Waals surface area contributed by atoms with Crippen molar-refractivity contribution in [3.05, 3.63) is 256 Å². The SMILES string of the molecule is CC1(C)c2ccccc2C2(c3ccc(-c4cccc(-c5ccccc5)c4)cc3-c3c(C4=NC(c5ccccc5)NC(c5ccccc5)=C4)cccc32)c2ccccc21. The first-order valence-electron chi connectivity index (χ1n) is 20.3. The van der Waals surface area contributed by atoms with Gasteiger partial charge < -0.3 is 5.32 Å². The molecule has 0 aromatic heterocycles. The Hall–Kier alpha value is -7.03. The van der Waals surface area contributed by atoms with Crippen LogP contribution in [0.2, 0.25) is 0 Å². The quantitative estimate of drug-likeness (QED) is 0.187. The molecule has 0 amide bonds. The average molecular weight is 743 g/mol. The largest absolute Gasteiger partial charge is 0.360 e. The second kappa shape index (κ2) is 13.3. The summed E-state index contributed by atoms with van der Waals surface area (Å²) in [7, 11) is 0. The van der Waals surface area contributed by atoms with E-state index in [0.717, 1.165) is 28.1 Å². The predicted molar refractivity (Wildman–Crippen MR) is 240 cm³/mol. The molecule has 2 nitrogen and oxygen atoms in total. The van der Waals surface area contributed by atoms with Crippen molar-refractivity contribution in [2.75, 3.05) is 0 Å². The van der Waals surface area contributed by atoms with Crippen LogP contribution in [0.4, 0.5) is 0 Å². The Morgan fingerprint density at radius 1 is 0.414 bits per heavy atom. The summed E-state index contributed by atoms with van der Waals surface area (Å²) in [5.41, 5.74) is 20.1. The fourth-order valence-electron chi connectivity index (χ4n) is 10.1. The zero-order valence-electron chi connectivity index (χ0n) is 32.7. The highest BCUT2D eigenvalue weighted by Crippen LogP contribution is 2.63. The Morgan fingerprint density at radius 2 is 0.931 bits per heavy atom. The highest BCUT2D eigenvalue weighted by Gasteiger charge is 2.53. The number of benzene rings is 8. The third kappa shape index (κ3) is 5.15. The summed E-state index contributed by atoms with van der Waals surface area (Å²) in [5, 5.41) is 3.79. The summed E-state index contributed by atoms with van der Waals surface area (Å²) in [6, 6.07) is 73.4. The van der Waals surface area contributed by atoms with Crippen molar-refractivity contribution in [3.63, 3.8) is 0 Å². The monoisotopic (exact) mass is 742 g/mol. The van der Waals surface area contributed by atoms with Gasteiger partial charge in [-0.1, -0.05) is 202 Å². The standard InChI is InChI=1S/C56H42N2/c1-55(2)46-27-12-14-29-48(46)56(49-30-15-13-28-47(49)55)45-33-32-42(41-25-16-24-40(34-41)37-18-6-3-7-19-37)35-44(45)53-43(26-17-31-50(53)56)52-36-51(38-20-8-4-9-21-38)57-54(58-52)39-22-10-5-11-23-39/h3-36,54,57H,1-2H3. The fourth-order valence-corrected chi connectivity index (χ4v) is 10.1. The topological polar surface area (TPSA) is 24.4 Å². The molecular weight excluding hydrogens is 701 g/mol. The van der Waals surface area contributed by atoms with E-state index in [1.165, 1.54) is 66.8 Å². The second-order valence-electron chi connectivity index (χ2n) is 16.3. The van der Waals surface area contributed by atoms with Gasteiger partial charge in [0.05, 0.1) is 11.1 Å². The third-order valence-corrected chi connectivity index (χ3v) is 12.8. The molecule has 1 aliphatic heterocycles. The first-order chi connectivity index (χ1) is 28.5. The molecule has 1 N–H and O–H groups in total. The van der Waals surface area contributed by atoms with Crippen LogP contribution >= 0.6 is 0 Å². The molecule has 276 valence electrons. The van der Waals surface area contributed by atoms with E-state index in [-0.39, 0.29) is 11.6 Å². The van der Waals surface area contributed by atoms with Crippen LogP contribution in [0.15, 0.2) is 211 Å². The van der Waals surface area contributed by atoms with Gasteiger partial charge in [-0.2, -0.15) is 0 Å². The molecule has 2 heteroatoms. The smallest absolute Gasteiger partial charge is 0.145 e. The first kappa shape index (κ1) is 34.2. The van der Waals surface area contributed by atoms with Crippen molar-refractivity contribution in [2.24, 2.45) is 4.99 Å².